The molecule has 0 N–H and O–H groups in total. The fraction of sp³-hybridized carbons (Fsp3) is 0.471. The Labute approximate surface area is 135 Å². The molecule has 3 heterocycles. The molecule has 0 bridgehead atoms. The molecule has 2 aromatic heterocycles. The first-order valence-electron chi connectivity index (χ1n) is 7.97. The number of rotatable bonds is 3. The van der Waals surface area contributed by atoms with Crippen LogP contribution in [0.2, 0.25) is 0 Å². The van der Waals surface area contributed by atoms with Crippen molar-refractivity contribution in [3.05, 3.63) is 30.1 Å². The summed E-state index contributed by atoms with van der Waals surface area (Å²) in [6.45, 7) is 3.38. The molecule has 1 aliphatic heterocycles. The number of pyridine rings is 1. The second kappa shape index (κ2) is 6.40. The summed E-state index contributed by atoms with van der Waals surface area (Å²) in [7, 11) is 1.89. The van der Waals surface area contributed by atoms with Crippen LogP contribution in [0.4, 0.5) is 0 Å². The van der Waals surface area contributed by atoms with Crippen LogP contribution >= 0.6 is 0 Å². The van der Waals surface area contributed by atoms with E-state index in [1.807, 2.05) is 41.8 Å². The predicted molar refractivity (Wildman–Crippen MR) is 86.0 cm³/mol. The minimum Gasteiger partial charge on any atom is -0.466 e. The van der Waals surface area contributed by atoms with Crippen LogP contribution in [0.1, 0.15) is 30.1 Å². The van der Waals surface area contributed by atoms with Gasteiger partial charge in [0.05, 0.1) is 18.1 Å². The molecule has 0 unspecified atom stereocenters. The number of hydrogen-bond acceptors (Lipinski definition) is 4. The smallest absolute Gasteiger partial charge is 0.309 e. The van der Waals surface area contributed by atoms with Gasteiger partial charge in [-0.3, -0.25) is 9.59 Å². The molecule has 0 aromatic carbocycles. The van der Waals surface area contributed by atoms with E-state index < -0.39 is 0 Å². The third-order valence-electron chi connectivity index (χ3n) is 4.37. The fourth-order valence-electron chi connectivity index (χ4n) is 3.13. The number of likely N-dealkylation sites (tertiary alicyclic amines) is 1. The van der Waals surface area contributed by atoms with Gasteiger partial charge in [-0.2, -0.15) is 0 Å². The van der Waals surface area contributed by atoms with Gasteiger partial charge in [0.2, 0.25) is 0 Å². The number of hydrogen-bond donors (Lipinski definition) is 0. The topological polar surface area (TPSA) is 64.4 Å². The number of fused-ring (bicyclic) bond motifs is 1. The summed E-state index contributed by atoms with van der Waals surface area (Å²) in [6.07, 6.45) is 4.88. The summed E-state index contributed by atoms with van der Waals surface area (Å²) in [5.74, 6) is -0.229. The maximum Gasteiger partial charge on any atom is 0.309 e. The normalized spacial score (nSPS) is 15.8. The van der Waals surface area contributed by atoms with Crippen molar-refractivity contribution in [2.45, 2.75) is 19.8 Å². The molecule has 1 fully saturated rings. The second-order valence-corrected chi connectivity index (χ2v) is 5.85. The first-order valence-corrected chi connectivity index (χ1v) is 7.97. The molecule has 0 saturated carbocycles. The van der Waals surface area contributed by atoms with Gasteiger partial charge in [0, 0.05) is 37.9 Å². The molecule has 0 spiro atoms. The zero-order valence-electron chi connectivity index (χ0n) is 13.5. The van der Waals surface area contributed by atoms with E-state index in [9.17, 15) is 9.59 Å². The molecule has 0 aliphatic carbocycles. The van der Waals surface area contributed by atoms with Crippen molar-refractivity contribution in [3.63, 3.8) is 0 Å². The highest BCUT2D eigenvalue weighted by atomic mass is 16.5. The van der Waals surface area contributed by atoms with Crippen LogP contribution in [-0.2, 0) is 16.6 Å². The van der Waals surface area contributed by atoms with E-state index in [0.717, 1.165) is 11.0 Å². The fourth-order valence-corrected chi connectivity index (χ4v) is 3.13. The van der Waals surface area contributed by atoms with E-state index >= 15 is 0 Å². The van der Waals surface area contributed by atoms with Crippen molar-refractivity contribution >= 4 is 22.9 Å². The summed E-state index contributed by atoms with van der Waals surface area (Å²) in [6, 6.07) is 3.76. The lowest BCUT2D eigenvalue weighted by molar-refractivity contribution is -0.149. The lowest BCUT2D eigenvalue weighted by Gasteiger charge is -2.30. The van der Waals surface area contributed by atoms with Crippen molar-refractivity contribution in [2.24, 2.45) is 13.0 Å². The average Bonchev–Trinajstić information content (AvgIpc) is 2.92. The number of esters is 1. The number of ether oxygens (including phenoxy) is 1. The van der Waals surface area contributed by atoms with Gasteiger partial charge in [-0.1, -0.05) is 0 Å². The molecule has 0 radical (unpaired) electrons. The zero-order chi connectivity index (χ0) is 16.4. The Morgan fingerprint density at radius 2 is 2.09 bits per heavy atom. The largest absolute Gasteiger partial charge is 0.466 e. The van der Waals surface area contributed by atoms with Crippen molar-refractivity contribution in [2.75, 3.05) is 19.7 Å². The molecule has 3 rings (SSSR count). The average molecular weight is 315 g/mol. The van der Waals surface area contributed by atoms with Gasteiger partial charge in [0.15, 0.2) is 0 Å². The minimum atomic E-state index is -0.144. The highest BCUT2D eigenvalue weighted by Gasteiger charge is 2.29. The van der Waals surface area contributed by atoms with Crippen LogP contribution in [0.3, 0.4) is 0 Å². The lowest BCUT2D eigenvalue weighted by Crippen LogP contribution is -2.40. The van der Waals surface area contributed by atoms with E-state index in [2.05, 4.69) is 4.98 Å². The van der Waals surface area contributed by atoms with E-state index in [4.69, 9.17) is 4.74 Å². The van der Waals surface area contributed by atoms with Gasteiger partial charge in [0.25, 0.3) is 5.91 Å². The van der Waals surface area contributed by atoms with Crippen LogP contribution in [-0.4, -0.2) is 46.0 Å². The second-order valence-electron chi connectivity index (χ2n) is 5.85. The first-order chi connectivity index (χ1) is 11.1. The molecule has 0 atom stereocenters. The third kappa shape index (κ3) is 2.93. The van der Waals surface area contributed by atoms with Crippen LogP contribution < -0.4 is 0 Å². The van der Waals surface area contributed by atoms with Crippen LogP contribution in [0.15, 0.2) is 24.5 Å². The van der Waals surface area contributed by atoms with E-state index in [1.165, 1.54) is 0 Å². The number of carbonyl (C=O) groups excluding carboxylic acids is 2. The Morgan fingerprint density at radius 1 is 1.35 bits per heavy atom. The summed E-state index contributed by atoms with van der Waals surface area (Å²) in [5.41, 5.74) is 1.47. The maximum absolute atomic E-state index is 12.8. The Morgan fingerprint density at radius 3 is 2.78 bits per heavy atom. The van der Waals surface area contributed by atoms with Gasteiger partial charge < -0.3 is 14.2 Å². The first kappa shape index (κ1) is 15.5. The van der Waals surface area contributed by atoms with Gasteiger partial charge in [-0.15, -0.1) is 0 Å². The summed E-state index contributed by atoms with van der Waals surface area (Å²) in [5, 5.41) is 0.868. The van der Waals surface area contributed by atoms with Gasteiger partial charge in [-0.05, 0) is 31.9 Å². The lowest BCUT2D eigenvalue weighted by atomic mass is 9.96. The molecule has 1 aliphatic rings. The van der Waals surface area contributed by atoms with Crippen molar-refractivity contribution in [1.29, 1.82) is 0 Å². The zero-order valence-corrected chi connectivity index (χ0v) is 13.5. The molecule has 122 valence electrons. The van der Waals surface area contributed by atoms with Crippen molar-refractivity contribution < 1.29 is 14.3 Å². The number of aryl methyl sites for hydroxylation is 1. The van der Waals surface area contributed by atoms with Gasteiger partial charge in [0.1, 0.15) is 5.65 Å². The van der Waals surface area contributed by atoms with Crippen LogP contribution in [0.25, 0.3) is 11.0 Å². The standard InChI is InChI=1S/C17H21N3O3/c1-3-23-17(22)12-6-9-20(10-7-12)16(21)14-11-19(2)15-13(14)5-4-8-18-15/h4-5,8,11-12H,3,6-7,9-10H2,1-2H3. The molecule has 23 heavy (non-hydrogen) atoms. The Hall–Kier alpha value is -2.37. The van der Waals surface area contributed by atoms with E-state index in [0.29, 0.717) is 38.1 Å². The highest BCUT2D eigenvalue weighted by Crippen LogP contribution is 2.24. The Bertz CT molecular complexity index is 730. The van der Waals surface area contributed by atoms with Crippen LogP contribution in [0.5, 0.6) is 0 Å². The van der Waals surface area contributed by atoms with Crippen LogP contribution in [0, 0.1) is 5.92 Å². The summed E-state index contributed by atoms with van der Waals surface area (Å²) < 4.78 is 6.94. The SMILES string of the molecule is CCOC(=O)C1CCN(C(=O)c2cn(C)c3ncccc23)CC1. The molecule has 1 saturated heterocycles. The molecular formula is C17H21N3O3. The quantitative estimate of drug-likeness (QED) is 0.813. The number of amides is 1. The summed E-state index contributed by atoms with van der Waals surface area (Å²) >= 11 is 0. The molecule has 6 heteroatoms. The monoisotopic (exact) mass is 315 g/mol. The Balaban J connectivity index is 1.73. The van der Waals surface area contributed by atoms with Gasteiger partial charge >= 0.3 is 5.97 Å². The Kier molecular flexibility index (Phi) is 4.32. The third-order valence-corrected chi connectivity index (χ3v) is 4.37. The molecule has 2 aromatic rings. The molecule has 1 amide bonds. The van der Waals surface area contributed by atoms with E-state index in [1.54, 1.807) is 6.20 Å². The summed E-state index contributed by atoms with van der Waals surface area (Å²) in [4.78, 5) is 30.7. The molecular weight excluding hydrogens is 294 g/mol. The highest BCUT2D eigenvalue weighted by molar-refractivity contribution is 6.06. The number of nitrogens with zero attached hydrogens (tertiary/aromatic N) is 3. The van der Waals surface area contributed by atoms with Crippen molar-refractivity contribution in [3.8, 4) is 0 Å². The number of piperidine rings is 1. The van der Waals surface area contributed by atoms with E-state index in [-0.39, 0.29) is 17.8 Å². The number of carbonyl (C=O) groups is 2. The molecule has 6 nitrogen and oxygen atoms in total. The predicted octanol–water partition coefficient (Wildman–Crippen LogP) is 1.99. The maximum atomic E-state index is 12.8. The minimum absolute atomic E-state index is 0.00547. The number of aromatic nitrogens is 2. The van der Waals surface area contributed by atoms with Crippen molar-refractivity contribution in [1.82, 2.24) is 14.5 Å². The van der Waals surface area contributed by atoms with Gasteiger partial charge in [-0.25, -0.2) is 4.98 Å².